The lowest BCUT2D eigenvalue weighted by atomic mass is 10.0. The lowest BCUT2D eigenvalue weighted by molar-refractivity contribution is -0.147. The van der Waals surface area contributed by atoms with Crippen molar-refractivity contribution in [3.63, 3.8) is 0 Å². The second-order valence-electron chi connectivity index (χ2n) is 8.81. The zero-order valence-electron chi connectivity index (χ0n) is 19.5. The molecule has 0 aromatic heterocycles. The average Bonchev–Trinajstić information content (AvgIpc) is 2.86. The van der Waals surface area contributed by atoms with Crippen molar-refractivity contribution in [2.24, 2.45) is 5.92 Å². The highest BCUT2D eigenvalue weighted by molar-refractivity contribution is 5.98. The van der Waals surface area contributed by atoms with Gasteiger partial charge in [-0.05, 0) is 30.2 Å². The van der Waals surface area contributed by atoms with Crippen LogP contribution in [0, 0.1) is 17.6 Å². The molecule has 2 heterocycles. The van der Waals surface area contributed by atoms with Crippen LogP contribution in [0.3, 0.4) is 0 Å². The Bertz CT molecular complexity index is 1100. The topological polar surface area (TPSA) is 88.2 Å². The van der Waals surface area contributed by atoms with Crippen molar-refractivity contribution >= 4 is 17.7 Å². The number of para-hydroxylation sites is 2. The van der Waals surface area contributed by atoms with E-state index in [1.165, 1.54) is 0 Å². The minimum atomic E-state index is -0.999. The first-order chi connectivity index (χ1) is 16.8. The molecule has 0 saturated carbocycles. The number of fused-ring (bicyclic) bond motifs is 1. The van der Waals surface area contributed by atoms with E-state index in [0.29, 0.717) is 11.5 Å². The predicted octanol–water partition coefficient (Wildman–Crippen LogP) is 2.23. The Morgan fingerprint density at radius 2 is 1.51 bits per heavy atom. The third kappa shape index (κ3) is 5.21. The first kappa shape index (κ1) is 24.4. The molecule has 10 heteroatoms. The van der Waals surface area contributed by atoms with Crippen molar-refractivity contribution in [3.8, 4) is 11.5 Å². The zero-order valence-corrected chi connectivity index (χ0v) is 19.5. The zero-order chi connectivity index (χ0) is 25.1. The van der Waals surface area contributed by atoms with Crippen LogP contribution in [0.1, 0.15) is 24.2 Å². The van der Waals surface area contributed by atoms with Gasteiger partial charge in [-0.2, -0.15) is 0 Å². The third-order valence-corrected chi connectivity index (χ3v) is 6.10. The van der Waals surface area contributed by atoms with Crippen molar-refractivity contribution in [2.45, 2.75) is 26.0 Å². The summed E-state index contributed by atoms with van der Waals surface area (Å²) in [7, 11) is 0. The lowest BCUT2D eigenvalue weighted by Crippen LogP contribution is -2.59. The number of hydrogen-bond acceptors (Lipinski definition) is 5. The number of piperazine rings is 1. The average molecular weight is 488 g/mol. The van der Waals surface area contributed by atoms with Gasteiger partial charge >= 0.3 is 0 Å². The van der Waals surface area contributed by atoms with Crippen molar-refractivity contribution < 1.29 is 32.6 Å². The van der Waals surface area contributed by atoms with Gasteiger partial charge in [0.05, 0.1) is 0 Å². The minimum Gasteiger partial charge on any atom is -0.485 e. The van der Waals surface area contributed by atoms with E-state index in [2.05, 4.69) is 5.32 Å². The summed E-state index contributed by atoms with van der Waals surface area (Å²) >= 11 is 0. The summed E-state index contributed by atoms with van der Waals surface area (Å²) in [6.45, 7) is 4.64. The van der Waals surface area contributed by atoms with Crippen LogP contribution >= 0.6 is 0 Å². The van der Waals surface area contributed by atoms with Gasteiger partial charge in [0, 0.05) is 26.2 Å². The Morgan fingerprint density at radius 3 is 2.14 bits per heavy atom. The van der Waals surface area contributed by atoms with Crippen molar-refractivity contribution in [3.05, 3.63) is 59.7 Å². The van der Waals surface area contributed by atoms with Crippen LogP contribution in [0.5, 0.6) is 11.5 Å². The van der Waals surface area contributed by atoms with E-state index in [1.807, 2.05) is 6.07 Å². The van der Waals surface area contributed by atoms with Crippen LogP contribution in [-0.4, -0.2) is 72.5 Å². The van der Waals surface area contributed by atoms with E-state index < -0.39 is 35.3 Å². The fourth-order valence-corrected chi connectivity index (χ4v) is 4.13. The number of amides is 3. The maximum Gasteiger partial charge on any atom is 0.267 e. The van der Waals surface area contributed by atoms with Crippen LogP contribution in [-0.2, 0) is 9.59 Å². The fourth-order valence-electron chi connectivity index (χ4n) is 4.13. The standard InChI is InChI=1S/C25H27F2N3O5/c1-15(2)22(28-23(31)21-16(26)6-5-7-17(21)27)25(33)30-12-10-29(11-13-30)24(32)20-14-34-18-8-3-4-9-19(18)35-20/h3-9,15,20,22H,10-14H2,1-2H3,(H,28,31)/t20-,22+/m0/s1. The molecule has 2 aliphatic rings. The summed E-state index contributed by atoms with van der Waals surface area (Å²) in [4.78, 5) is 41.8. The molecule has 1 saturated heterocycles. The molecular formula is C25H27F2N3O5. The van der Waals surface area contributed by atoms with Crippen molar-refractivity contribution in [2.75, 3.05) is 32.8 Å². The molecule has 2 aliphatic heterocycles. The first-order valence-corrected chi connectivity index (χ1v) is 11.5. The summed E-state index contributed by atoms with van der Waals surface area (Å²) in [6.07, 6.45) is -0.773. The van der Waals surface area contributed by atoms with Crippen LogP contribution in [0.25, 0.3) is 0 Å². The Hall–Kier alpha value is -3.69. The van der Waals surface area contributed by atoms with E-state index in [0.717, 1.165) is 18.2 Å². The highest BCUT2D eigenvalue weighted by Gasteiger charge is 2.36. The molecule has 8 nitrogen and oxygen atoms in total. The molecule has 2 aromatic carbocycles. The molecular weight excluding hydrogens is 460 g/mol. The van der Waals surface area contributed by atoms with E-state index in [-0.39, 0.29) is 50.5 Å². The molecule has 3 amide bonds. The number of halogens is 2. The van der Waals surface area contributed by atoms with Crippen LogP contribution in [0.2, 0.25) is 0 Å². The predicted molar refractivity (Wildman–Crippen MR) is 122 cm³/mol. The number of rotatable bonds is 5. The van der Waals surface area contributed by atoms with E-state index in [9.17, 15) is 23.2 Å². The van der Waals surface area contributed by atoms with Crippen LogP contribution < -0.4 is 14.8 Å². The fraction of sp³-hybridized carbons (Fsp3) is 0.400. The monoisotopic (exact) mass is 487 g/mol. The number of nitrogens with one attached hydrogen (secondary N) is 1. The van der Waals surface area contributed by atoms with Gasteiger partial charge in [0.15, 0.2) is 11.5 Å². The molecule has 0 radical (unpaired) electrons. The van der Waals surface area contributed by atoms with Gasteiger partial charge in [0.2, 0.25) is 12.0 Å². The number of benzene rings is 2. The molecule has 35 heavy (non-hydrogen) atoms. The summed E-state index contributed by atoms with van der Waals surface area (Å²) < 4.78 is 39.4. The van der Waals surface area contributed by atoms with Gasteiger partial charge in [-0.25, -0.2) is 8.78 Å². The number of ether oxygens (including phenoxy) is 2. The largest absolute Gasteiger partial charge is 0.485 e. The molecule has 4 rings (SSSR count). The molecule has 0 spiro atoms. The van der Waals surface area contributed by atoms with Gasteiger partial charge in [-0.3, -0.25) is 14.4 Å². The normalized spacial score (nSPS) is 18.3. The van der Waals surface area contributed by atoms with Crippen LogP contribution in [0.4, 0.5) is 8.78 Å². The van der Waals surface area contributed by atoms with Gasteiger partial charge in [0.1, 0.15) is 29.8 Å². The third-order valence-electron chi connectivity index (χ3n) is 6.10. The van der Waals surface area contributed by atoms with Gasteiger partial charge in [0.25, 0.3) is 11.8 Å². The molecule has 2 aromatic rings. The second-order valence-corrected chi connectivity index (χ2v) is 8.81. The number of nitrogens with zero attached hydrogens (tertiary/aromatic N) is 2. The van der Waals surface area contributed by atoms with E-state index >= 15 is 0 Å². The minimum absolute atomic E-state index is 0.100. The van der Waals surface area contributed by atoms with E-state index in [4.69, 9.17) is 9.47 Å². The Labute approximate surface area is 201 Å². The molecule has 2 atom stereocenters. The van der Waals surface area contributed by atoms with Crippen molar-refractivity contribution in [1.82, 2.24) is 15.1 Å². The summed E-state index contributed by atoms with van der Waals surface area (Å²) in [6, 6.07) is 9.28. The quantitative estimate of drug-likeness (QED) is 0.699. The SMILES string of the molecule is CC(C)[C@@H](NC(=O)c1c(F)cccc1F)C(=O)N1CCN(C(=O)[C@@H]2COc3ccccc3O2)CC1. The van der Waals surface area contributed by atoms with Gasteiger partial charge in [-0.15, -0.1) is 0 Å². The maximum atomic E-state index is 14.0. The Morgan fingerprint density at radius 1 is 0.914 bits per heavy atom. The molecule has 0 unspecified atom stereocenters. The molecule has 0 bridgehead atoms. The highest BCUT2D eigenvalue weighted by Crippen LogP contribution is 2.31. The lowest BCUT2D eigenvalue weighted by Gasteiger charge is -2.38. The van der Waals surface area contributed by atoms with E-state index in [1.54, 1.807) is 41.8 Å². The summed E-state index contributed by atoms with van der Waals surface area (Å²) in [5, 5.41) is 2.48. The van der Waals surface area contributed by atoms with Gasteiger partial charge in [-0.1, -0.05) is 32.0 Å². The number of carbonyl (C=O) groups is 3. The highest BCUT2D eigenvalue weighted by atomic mass is 19.1. The molecule has 0 aliphatic carbocycles. The maximum absolute atomic E-state index is 14.0. The number of hydrogen-bond donors (Lipinski definition) is 1. The van der Waals surface area contributed by atoms with Crippen molar-refractivity contribution in [1.29, 1.82) is 0 Å². The Balaban J connectivity index is 1.35. The summed E-state index contributed by atoms with van der Waals surface area (Å²) in [5.41, 5.74) is -0.724. The molecule has 1 fully saturated rings. The van der Waals surface area contributed by atoms with Crippen LogP contribution in [0.15, 0.2) is 42.5 Å². The molecule has 1 N–H and O–H groups in total. The number of carbonyl (C=O) groups excluding carboxylic acids is 3. The molecule has 186 valence electrons. The smallest absolute Gasteiger partial charge is 0.267 e. The summed E-state index contributed by atoms with van der Waals surface area (Å²) in [5.74, 6) is -2.82. The second kappa shape index (κ2) is 10.3. The van der Waals surface area contributed by atoms with Gasteiger partial charge < -0.3 is 24.6 Å². The first-order valence-electron chi connectivity index (χ1n) is 11.5. The Kier molecular flexibility index (Phi) is 7.18.